The number of hydrogen-bond acceptors (Lipinski definition) is 4. The van der Waals surface area contributed by atoms with E-state index >= 15 is 0 Å². The molecule has 0 unspecified atom stereocenters. The number of aliphatic hydroxyl groups excluding tert-OH is 1. The number of aliphatic hydroxyl groups is 1. The minimum atomic E-state index is -0.546. The SMILES string of the molecule is CCCCCCCC(=O)/C=C/C[C@H]1CC[C@@H]([C@@H](O)CCCCCC)N1C(=O)OCc1ccccc1. The second-order valence-electron chi connectivity index (χ2n) is 9.93. The second kappa shape index (κ2) is 17.3. The van der Waals surface area contributed by atoms with Crippen LogP contribution in [0.4, 0.5) is 4.79 Å². The monoisotopic (exact) mass is 485 g/mol. The Labute approximate surface area is 212 Å². The molecule has 1 aliphatic heterocycles. The number of ketones is 1. The van der Waals surface area contributed by atoms with Gasteiger partial charge in [-0.05, 0) is 43.7 Å². The molecule has 1 aliphatic rings. The van der Waals surface area contributed by atoms with Crippen molar-refractivity contribution in [3.63, 3.8) is 0 Å². The first-order valence-electron chi connectivity index (χ1n) is 13.9. The summed E-state index contributed by atoms with van der Waals surface area (Å²) in [6.45, 7) is 4.58. The first-order valence-corrected chi connectivity index (χ1v) is 13.9. The molecule has 1 heterocycles. The van der Waals surface area contributed by atoms with E-state index in [1.54, 1.807) is 11.0 Å². The molecule has 1 fully saturated rings. The van der Waals surface area contributed by atoms with Gasteiger partial charge in [0.05, 0.1) is 12.1 Å². The van der Waals surface area contributed by atoms with Gasteiger partial charge in [-0.15, -0.1) is 0 Å². The molecule has 3 atom stereocenters. The summed E-state index contributed by atoms with van der Waals surface area (Å²) in [5.74, 6) is 0.158. The van der Waals surface area contributed by atoms with Gasteiger partial charge in [0.2, 0.25) is 0 Å². The molecule has 0 aliphatic carbocycles. The number of carbonyl (C=O) groups excluding carboxylic acids is 2. The van der Waals surface area contributed by atoms with Crippen LogP contribution in [0, 0.1) is 0 Å². The molecule has 0 radical (unpaired) electrons. The molecular formula is C30H47NO4. The van der Waals surface area contributed by atoms with E-state index in [0.29, 0.717) is 19.3 Å². The van der Waals surface area contributed by atoms with E-state index < -0.39 is 6.10 Å². The van der Waals surface area contributed by atoms with Gasteiger partial charge < -0.3 is 9.84 Å². The average Bonchev–Trinajstić information content (AvgIpc) is 3.29. The predicted octanol–water partition coefficient (Wildman–Crippen LogP) is 7.36. The molecular weight excluding hydrogens is 438 g/mol. The van der Waals surface area contributed by atoms with Crippen molar-refractivity contribution in [1.29, 1.82) is 0 Å². The fourth-order valence-electron chi connectivity index (χ4n) is 4.91. The summed E-state index contributed by atoms with van der Waals surface area (Å²) in [7, 11) is 0. The maximum Gasteiger partial charge on any atom is 0.410 e. The lowest BCUT2D eigenvalue weighted by atomic mass is 10.0. The number of ether oxygens (including phenoxy) is 1. The molecule has 1 aromatic carbocycles. The Morgan fingerprint density at radius 3 is 2.40 bits per heavy atom. The first-order chi connectivity index (χ1) is 17.1. The fraction of sp³-hybridized carbons (Fsp3) is 0.667. The minimum Gasteiger partial charge on any atom is -0.445 e. The van der Waals surface area contributed by atoms with E-state index in [9.17, 15) is 14.7 Å². The Morgan fingerprint density at radius 1 is 1.00 bits per heavy atom. The largest absolute Gasteiger partial charge is 0.445 e. The lowest BCUT2D eigenvalue weighted by molar-refractivity contribution is -0.114. The Kier molecular flexibility index (Phi) is 14.4. The van der Waals surface area contributed by atoms with Gasteiger partial charge in [0.1, 0.15) is 6.61 Å². The molecule has 5 nitrogen and oxygen atoms in total. The van der Waals surface area contributed by atoms with Gasteiger partial charge in [-0.2, -0.15) is 0 Å². The van der Waals surface area contributed by atoms with E-state index in [2.05, 4.69) is 13.8 Å². The highest BCUT2D eigenvalue weighted by Crippen LogP contribution is 2.31. The molecule has 35 heavy (non-hydrogen) atoms. The fourth-order valence-corrected chi connectivity index (χ4v) is 4.91. The molecule has 5 heteroatoms. The lowest BCUT2D eigenvalue weighted by Crippen LogP contribution is -2.46. The summed E-state index contributed by atoms with van der Waals surface area (Å²) in [6, 6.07) is 9.38. The van der Waals surface area contributed by atoms with Gasteiger partial charge >= 0.3 is 6.09 Å². The number of allylic oxidation sites excluding steroid dienone is 1. The molecule has 1 saturated heterocycles. The molecule has 2 rings (SSSR count). The van der Waals surface area contributed by atoms with E-state index in [1.165, 1.54) is 25.7 Å². The summed E-state index contributed by atoms with van der Waals surface area (Å²) in [4.78, 5) is 27.1. The third-order valence-electron chi connectivity index (χ3n) is 7.00. The lowest BCUT2D eigenvalue weighted by Gasteiger charge is -2.32. The molecule has 1 N–H and O–H groups in total. The van der Waals surface area contributed by atoms with Crippen LogP contribution in [0.25, 0.3) is 0 Å². The molecule has 196 valence electrons. The van der Waals surface area contributed by atoms with Gasteiger partial charge in [-0.25, -0.2) is 4.79 Å². The van der Waals surface area contributed by atoms with Gasteiger partial charge in [0.15, 0.2) is 5.78 Å². The normalized spacial score (nSPS) is 18.8. The van der Waals surface area contributed by atoms with Crippen molar-refractivity contribution in [1.82, 2.24) is 4.90 Å². The second-order valence-corrected chi connectivity index (χ2v) is 9.93. The highest BCUT2D eigenvalue weighted by Gasteiger charge is 2.40. The number of hydrogen-bond donors (Lipinski definition) is 1. The quantitative estimate of drug-likeness (QED) is 0.185. The van der Waals surface area contributed by atoms with Crippen LogP contribution in [-0.4, -0.2) is 40.1 Å². The number of unbranched alkanes of at least 4 members (excludes halogenated alkanes) is 7. The third-order valence-corrected chi connectivity index (χ3v) is 7.00. The zero-order valence-corrected chi connectivity index (χ0v) is 22.0. The Bertz CT molecular complexity index is 748. The Hall–Kier alpha value is -2.14. The maximum absolute atomic E-state index is 13.1. The summed E-state index contributed by atoms with van der Waals surface area (Å²) >= 11 is 0. The Balaban J connectivity index is 1.93. The van der Waals surface area contributed by atoms with Gasteiger partial charge in [0.25, 0.3) is 0 Å². The zero-order valence-electron chi connectivity index (χ0n) is 22.0. The van der Waals surface area contributed by atoms with E-state index in [1.807, 2.05) is 36.4 Å². The predicted molar refractivity (Wildman–Crippen MR) is 142 cm³/mol. The van der Waals surface area contributed by atoms with Crippen LogP contribution < -0.4 is 0 Å². The van der Waals surface area contributed by atoms with Crippen LogP contribution in [0.5, 0.6) is 0 Å². The van der Waals surface area contributed by atoms with E-state index in [4.69, 9.17) is 4.74 Å². The molecule has 0 spiro atoms. The highest BCUT2D eigenvalue weighted by molar-refractivity contribution is 5.89. The standard InChI is InChI=1S/C30H47NO4/c1-3-5-7-9-13-19-27(32)20-15-18-26-22-23-28(29(33)21-14-8-6-4-2)31(26)30(34)35-24-25-16-11-10-12-17-25/h10-12,15-17,20,26,28-29,33H,3-9,13-14,18-19,21-24H2,1-2H3/b20-15+/t26-,28-,29-/m0/s1. The van der Waals surface area contributed by atoms with Gasteiger partial charge in [-0.3, -0.25) is 9.69 Å². The van der Waals surface area contributed by atoms with Crippen LogP contribution in [0.15, 0.2) is 42.5 Å². The zero-order chi connectivity index (χ0) is 25.3. The van der Waals surface area contributed by atoms with Crippen molar-refractivity contribution in [3.8, 4) is 0 Å². The number of amides is 1. The van der Waals surface area contributed by atoms with Crippen molar-refractivity contribution >= 4 is 11.9 Å². The van der Waals surface area contributed by atoms with Crippen molar-refractivity contribution < 1.29 is 19.4 Å². The minimum absolute atomic E-state index is 0.0535. The van der Waals surface area contributed by atoms with E-state index in [0.717, 1.165) is 50.5 Å². The summed E-state index contributed by atoms with van der Waals surface area (Å²) in [5.41, 5.74) is 0.942. The van der Waals surface area contributed by atoms with Crippen molar-refractivity contribution in [3.05, 3.63) is 48.0 Å². The molecule has 0 aromatic heterocycles. The van der Waals surface area contributed by atoms with Gasteiger partial charge in [0, 0.05) is 12.5 Å². The number of benzene rings is 1. The first kappa shape index (κ1) is 29.1. The summed E-state index contributed by atoms with van der Waals surface area (Å²) in [5, 5.41) is 10.9. The third kappa shape index (κ3) is 11.0. The molecule has 0 bridgehead atoms. The van der Waals surface area contributed by atoms with E-state index in [-0.39, 0.29) is 30.6 Å². The van der Waals surface area contributed by atoms with Crippen LogP contribution in [0.1, 0.15) is 109 Å². The van der Waals surface area contributed by atoms with Crippen LogP contribution in [-0.2, 0) is 16.1 Å². The molecule has 0 saturated carbocycles. The number of nitrogens with zero attached hydrogens (tertiary/aromatic N) is 1. The van der Waals surface area contributed by atoms with Crippen LogP contribution in [0.2, 0.25) is 0 Å². The van der Waals surface area contributed by atoms with Gasteiger partial charge in [-0.1, -0.05) is 102 Å². The van der Waals surface area contributed by atoms with Crippen LogP contribution in [0.3, 0.4) is 0 Å². The highest BCUT2D eigenvalue weighted by atomic mass is 16.6. The number of rotatable bonds is 17. The van der Waals surface area contributed by atoms with Crippen molar-refractivity contribution in [2.24, 2.45) is 0 Å². The smallest absolute Gasteiger partial charge is 0.410 e. The Morgan fingerprint density at radius 2 is 1.69 bits per heavy atom. The van der Waals surface area contributed by atoms with Crippen molar-refractivity contribution in [2.75, 3.05) is 0 Å². The number of likely N-dealkylation sites (tertiary alicyclic amines) is 1. The molecule has 1 amide bonds. The summed E-state index contributed by atoms with van der Waals surface area (Å²) in [6.07, 6.45) is 16.2. The van der Waals surface area contributed by atoms with Crippen molar-refractivity contribution in [2.45, 2.75) is 129 Å². The summed E-state index contributed by atoms with van der Waals surface area (Å²) < 4.78 is 5.66. The van der Waals surface area contributed by atoms with Crippen LogP contribution >= 0.6 is 0 Å². The topological polar surface area (TPSA) is 66.8 Å². The average molecular weight is 486 g/mol. The maximum atomic E-state index is 13.1. The number of carbonyl (C=O) groups is 2. The molecule has 1 aromatic rings.